The highest BCUT2D eigenvalue weighted by molar-refractivity contribution is 6.06. The molecular weight excluding hydrogens is 598 g/mol. The van der Waals surface area contributed by atoms with Gasteiger partial charge in [-0.15, -0.1) is 0 Å². The molecule has 3 aliphatic rings. The average Bonchev–Trinajstić information content (AvgIpc) is 3.51. The van der Waals surface area contributed by atoms with Crippen molar-refractivity contribution in [1.82, 2.24) is 44.4 Å². The third-order valence-electron chi connectivity index (χ3n) is 9.14. The number of ether oxygens (including phenoxy) is 1. The molecule has 5 aromatic rings. The molecule has 14 heteroatoms. The first-order valence-corrected chi connectivity index (χ1v) is 15.8. The third kappa shape index (κ3) is 5.33. The maximum atomic E-state index is 12.5. The summed E-state index contributed by atoms with van der Waals surface area (Å²) in [5, 5.41) is 14.1. The Bertz CT molecular complexity index is 2090. The number of nitrogens with zero attached hydrogens (tertiary/aromatic N) is 9. The lowest BCUT2D eigenvalue weighted by Gasteiger charge is -2.25. The average molecular weight is 630 g/mol. The van der Waals surface area contributed by atoms with E-state index in [2.05, 4.69) is 31.3 Å². The quantitative estimate of drug-likeness (QED) is 0.251. The zero-order valence-electron chi connectivity index (χ0n) is 25.5. The number of fused-ring (bicyclic) bond motifs is 2. The van der Waals surface area contributed by atoms with Crippen LogP contribution in [-0.4, -0.2) is 63.4 Å². The molecule has 4 aromatic heterocycles. The van der Waals surface area contributed by atoms with Crippen LogP contribution < -0.4 is 11.1 Å². The van der Waals surface area contributed by atoms with Gasteiger partial charge < -0.3 is 10.5 Å². The maximum absolute atomic E-state index is 12.5. The minimum absolute atomic E-state index is 0.0173. The van der Waals surface area contributed by atoms with E-state index in [1.165, 1.54) is 10.9 Å². The topological polar surface area (TPSA) is 196 Å². The molecule has 1 amide bonds. The van der Waals surface area contributed by atoms with E-state index in [1.54, 1.807) is 41.6 Å². The second-order valence-electron chi connectivity index (χ2n) is 12.4. The molecule has 1 aliphatic heterocycles. The number of carbonyl (C=O) groups is 2. The van der Waals surface area contributed by atoms with Crippen molar-refractivity contribution in [3.63, 3.8) is 0 Å². The number of rotatable bonds is 7. The van der Waals surface area contributed by atoms with E-state index in [4.69, 9.17) is 20.4 Å². The Hall–Kier alpha value is -5.39. The van der Waals surface area contributed by atoms with Crippen LogP contribution in [0.3, 0.4) is 0 Å². The van der Waals surface area contributed by atoms with Gasteiger partial charge in [0.25, 0.3) is 5.91 Å². The van der Waals surface area contributed by atoms with Crippen molar-refractivity contribution in [2.75, 3.05) is 6.61 Å². The van der Waals surface area contributed by atoms with E-state index >= 15 is 0 Å². The minimum atomic E-state index is -0.752. The summed E-state index contributed by atoms with van der Waals surface area (Å²) in [5.74, 6) is 0.170. The molecule has 0 spiro atoms. The lowest BCUT2D eigenvalue weighted by molar-refractivity contribution is -0.120. The number of benzene rings is 1. The molecule has 8 rings (SSSR count). The zero-order chi connectivity index (χ0) is 32.1. The number of aryl methyl sites for hydroxylation is 1. The molecule has 0 radical (unpaired) electrons. The smallest absolute Gasteiger partial charge is 0.268 e. The van der Waals surface area contributed by atoms with Gasteiger partial charge in [0, 0.05) is 54.1 Å². The third-order valence-corrected chi connectivity index (χ3v) is 9.14. The number of hydrogen-bond donors (Lipinski definition) is 2. The van der Waals surface area contributed by atoms with Crippen LogP contribution in [0.25, 0.3) is 34.1 Å². The number of imidazole rings is 2. The summed E-state index contributed by atoms with van der Waals surface area (Å²) in [7, 11) is 0. The first kappa shape index (κ1) is 29.0. The lowest BCUT2D eigenvalue weighted by Crippen LogP contribution is -2.42. The van der Waals surface area contributed by atoms with Gasteiger partial charge in [0.2, 0.25) is 11.9 Å². The van der Waals surface area contributed by atoms with E-state index < -0.39 is 11.6 Å². The van der Waals surface area contributed by atoms with Crippen LogP contribution in [-0.2, 0) is 28.1 Å². The van der Waals surface area contributed by atoms with Gasteiger partial charge in [0.05, 0.1) is 29.1 Å². The summed E-state index contributed by atoms with van der Waals surface area (Å²) in [4.78, 5) is 52.5. The van der Waals surface area contributed by atoms with Crippen molar-refractivity contribution >= 4 is 22.6 Å². The molecule has 3 N–H and O–H groups in total. The molecule has 1 aromatic carbocycles. The summed E-state index contributed by atoms with van der Waals surface area (Å²) in [6, 6.07) is 5.61. The van der Waals surface area contributed by atoms with E-state index in [-0.39, 0.29) is 23.2 Å². The van der Waals surface area contributed by atoms with Gasteiger partial charge in [0.15, 0.2) is 5.72 Å². The van der Waals surface area contributed by atoms with Crippen molar-refractivity contribution in [1.29, 1.82) is 5.26 Å². The van der Waals surface area contributed by atoms with Crippen LogP contribution >= 0.6 is 0 Å². The monoisotopic (exact) mass is 629 g/mol. The molecule has 236 valence electrons. The fourth-order valence-electron chi connectivity index (χ4n) is 6.77. The number of nitrogens with two attached hydrogens (primary N) is 1. The molecule has 14 nitrogen and oxygen atoms in total. The van der Waals surface area contributed by atoms with E-state index in [0.29, 0.717) is 53.3 Å². The summed E-state index contributed by atoms with van der Waals surface area (Å²) < 4.78 is 9.37. The number of aromatic nitrogens is 8. The summed E-state index contributed by atoms with van der Waals surface area (Å²) in [6.45, 7) is 0.483. The summed E-state index contributed by atoms with van der Waals surface area (Å²) >= 11 is 0. The molecule has 1 saturated heterocycles. The number of ketones is 1. The maximum Gasteiger partial charge on any atom is 0.268 e. The van der Waals surface area contributed by atoms with Gasteiger partial charge in [-0.05, 0) is 49.8 Å². The highest BCUT2D eigenvalue weighted by Gasteiger charge is 2.52. The highest BCUT2D eigenvalue weighted by Crippen LogP contribution is 2.41. The van der Waals surface area contributed by atoms with E-state index in [1.807, 2.05) is 0 Å². The van der Waals surface area contributed by atoms with Crippen molar-refractivity contribution < 1.29 is 14.3 Å². The number of primary amides is 1. The Labute approximate surface area is 269 Å². The lowest BCUT2D eigenvalue weighted by atomic mass is 9.94. The number of nitrogens with one attached hydrogen (secondary N) is 1. The first-order chi connectivity index (χ1) is 22.9. The summed E-state index contributed by atoms with van der Waals surface area (Å²) in [6.07, 6.45) is 16.0. The number of Topliss-reactive ketones (excluding diaryl/α,β-unsaturated/α-hetero) is 1. The van der Waals surface area contributed by atoms with Gasteiger partial charge in [-0.25, -0.2) is 29.9 Å². The fourth-order valence-corrected chi connectivity index (χ4v) is 6.77. The predicted molar refractivity (Wildman–Crippen MR) is 167 cm³/mol. The van der Waals surface area contributed by atoms with Crippen LogP contribution in [0.2, 0.25) is 0 Å². The van der Waals surface area contributed by atoms with E-state index in [9.17, 15) is 14.9 Å². The standard InChI is InChI=1S/C33H31N11O3/c34-14-20-11-19(12-24-27(20)39-32(40-28(24)30(35)46)43-10-9-36-17-43)26-15-44(18-37-26)31-38-25-8-4-7-23(25)29(41-31)33(16-47-33)42-21-5-2-1-3-6-22(45)13-21/h9-12,15,17-18,21,42H,1-8,13,16H2,(H2,35,46)/t21-,33?/m1/s1. The molecule has 2 aliphatic carbocycles. The predicted octanol–water partition coefficient (Wildman–Crippen LogP) is 2.98. The van der Waals surface area contributed by atoms with Crippen LogP contribution in [0.4, 0.5) is 0 Å². The fraction of sp³-hybridized carbons (Fsp3) is 0.364. The van der Waals surface area contributed by atoms with Crippen molar-refractivity contribution in [3.05, 3.63) is 71.6 Å². The normalized spacial score (nSPS) is 20.8. The Morgan fingerprint density at radius 2 is 1.91 bits per heavy atom. The van der Waals surface area contributed by atoms with Crippen molar-refractivity contribution in [2.45, 2.75) is 69.6 Å². The van der Waals surface area contributed by atoms with Gasteiger partial charge in [0.1, 0.15) is 30.2 Å². The molecular formula is C33H31N11O3. The number of hydrogen-bond acceptors (Lipinski definition) is 11. The Balaban J connectivity index is 1.16. The van der Waals surface area contributed by atoms with Gasteiger partial charge in [-0.3, -0.25) is 24.0 Å². The largest absolute Gasteiger partial charge is 0.364 e. The van der Waals surface area contributed by atoms with Crippen LogP contribution in [0.1, 0.15) is 77.9 Å². The second-order valence-corrected chi connectivity index (χ2v) is 12.4. The summed E-state index contributed by atoms with van der Waals surface area (Å²) in [5.41, 5.74) is 9.55. The second kappa shape index (κ2) is 11.4. The molecule has 1 saturated carbocycles. The van der Waals surface area contributed by atoms with Gasteiger partial charge in [-0.2, -0.15) is 5.26 Å². The highest BCUT2D eigenvalue weighted by atomic mass is 16.6. The van der Waals surface area contributed by atoms with Crippen LogP contribution in [0.15, 0.2) is 43.4 Å². The van der Waals surface area contributed by atoms with Gasteiger partial charge >= 0.3 is 0 Å². The Kier molecular flexibility index (Phi) is 7.07. The molecule has 2 fully saturated rings. The zero-order valence-corrected chi connectivity index (χ0v) is 25.5. The van der Waals surface area contributed by atoms with Gasteiger partial charge in [-0.1, -0.05) is 12.8 Å². The van der Waals surface area contributed by atoms with Crippen LogP contribution in [0, 0.1) is 11.3 Å². The molecule has 5 heterocycles. The first-order valence-electron chi connectivity index (χ1n) is 15.8. The Morgan fingerprint density at radius 3 is 2.70 bits per heavy atom. The number of nitriles is 1. The minimum Gasteiger partial charge on any atom is -0.364 e. The SMILES string of the molecule is N#Cc1cc(-c2cn(-c3nc4c(c(C5(N[C@@H]6CCCCCC(=O)C6)CO5)n3)CCC4)cn2)cc2c(C(N)=O)nc(-n3ccnc3)nc12. The Morgan fingerprint density at radius 1 is 1.04 bits per heavy atom. The molecule has 1 unspecified atom stereocenters. The number of carbonyl (C=O) groups excluding carboxylic acids is 2. The number of amides is 1. The molecule has 2 atom stereocenters. The van der Waals surface area contributed by atoms with Crippen molar-refractivity contribution in [3.8, 4) is 29.2 Å². The number of epoxide rings is 1. The van der Waals surface area contributed by atoms with Crippen molar-refractivity contribution in [2.24, 2.45) is 5.73 Å². The molecule has 0 bridgehead atoms. The molecule has 47 heavy (non-hydrogen) atoms. The van der Waals surface area contributed by atoms with E-state index in [0.717, 1.165) is 61.9 Å². The van der Waals surface area contributed by atoms with Crippen LogP contribution in [0.5, 0.6) is 0 Å².